The van der Waals surface area contributed by atoms with E-state index in [1.165, 1.54) is 31.2 Å². The summed E-state index contributed by atoms with van der Waals surface area (Å²) in [7, 11) is -4.16. The Morgan fingerprint density at radius 2 is 1.74 bits per heavy atom. The molecule has 0 aliphatic heterocycles. The SMILES string of the molecule is CCOC(=O)[C@H](C)N[P@@](=O)(Oc1ccc([N+](=O)[O-])cc1)Oc1cccc2ccccc12. The van der Waals surface area contributed by atoms with Crippen molar-refractivity contribution in [3.63, 3.8) is 0 Å². The van der Waals surface area contributed by atoms with Gasteiger partial charge in [0.15, 0.2) is 0 Å². The van der Waals surface area contributed by atoms with E-state index in [4.69, 9.17) is 13.8 Å². The highest BCUT2D eigenvalue weighted by Gasteiger charge is 2.34. The molecule has 9 nitrogen and oxygen atoms in total. The second-order valence-corrected chi connectivity index (χ2v) is 8.13. The van der Waals surface area contributed by atoms with Gasteiger partial charge < -0.3 is 13.8 Å². The maximum atomic E-state index is 13.6. The van der Waals surface area contributed by atoms with Crippen molar-refractivity contribution >= 4 is 30.2 Å². The Labute approximate surface area is 178 Å². The molecule has 2 atom stereocenters. The number of hydrogen-bond acceptors (Lipinski definition) is 7. The Morgan fingerprint density at radius 3 is 2.42 bits per heavy atom. The molecule has 0 radical (unpaired) electrons. The number of nitrogens with zero attached hydrogens (tertiary/aromatic N) is 1. The van der Waals surface area contributed by atoms with E-state index in [0.29, 0.717) is 5.39 Å². The Balaban J connectivity index is 1.93. The van der Waals surface area contributed by atoms with Crippen LogP contribution in [0.25, 0.3) is 10.8 Å². The van der Waals surface area contributed by atoms with Gasteiger partial charge in [-0.2, -0.15) is 5.09 Å². The molecule has 0 aliphatic carbocycles. The van der Waals surface area contributed by atoms with Gasteiger partial charge in [0.2, 0.25) is 0 Å². The number of nitrogens with one attached hydrogen (secondary N) is 1. The number of ether oxygens (including phenoxy) is 1. The van der Waals surface area contributed by atoms with Crippen LogP contribution in [0.1, 0.15) is 13.8 Å². The number of esters is 1. The molecule has 0 unspecified atom stereocenters. The summed E-state index contributed by atoms with van der Waals surface area (Å²) in [5.41, 5.74) is -0.148. The summed E-state index contributed by atoms with van der Waals surface area (Å²) in [6.07, 6.45) is 0. The van der Waals surface area contributed by atoms with Gasteiger partial charge in [-0.1, -0.05) is 36.4 Å². The maximum Gasteiger partial charge on any atom is 0.513 e. The third-order valence-corrected chi connectivity index (χ3v) is 5.82. The Kier molecular flexibility index (Phi) is 6.89. The summed E-state index contributed by atoms with van der Waals surface area (Å²) in [4.78, 5) is 22.4. The number of benzene rings is 3. The highest BCUT2D eigenvalue weighted by Crippen LogP contribution is 2.47. The molecule has 10 heteroatoms. The van der Waals surface area contributed by atoms with Crippen LogP contribution in [0.15, 0.2) is 66.7 Å². The molecule has 3 rings (SSSR count). The van der Waals surface area contributed by atoms with Crippen LogP contribution in [0.3, 0.4) is 0 Å². The molecule has 162 valence electrons. The van der Waals surface area contributed by atoms with E-state index in [0.717, 1.165) is 5.39 Å². The number of non-ortho nitro benzene ring substituents is 1. The second-order valence-electron chi connectivity index (χ2n) is 6.51. The molecular weight excluding hydrogens is 423 g/mol. The highest BCUT2D eigenvalue weighted by molar-refractivity contribution is 7.52. The minimum Gasteiger partial charge on any atom is -0.465 e. The molecule has 0 aromatic heterocycles. The number of carbonyl (C=O) groups excluding carboxylic acids is 1. The molecule has 0 aliphatic rings. The van der Waals surface area contributed by atoms with Gasteiger partial charge in [-0.25, -0.2) is 4.57 Å². The molecule has 31 heavy (non-hydrogen) atoms. The quantitative estimate of drug-likeness (QED) is 0.215. The van der Waals surface area contributed by atoms with E-state index >= 15 is 0 Å². The lowest BCUT2D eigenvalue weighted by Crippen LogP contribution is -2.35. The molecule has 0 saturated heterocycles. The van der Waals surface area contributed by atoms with Crippen LogP contribution in [0.2, 0.25) is 0 Å². The summed E-state index contributed by atoms with van der Waals surface area (Å²) in [6, 6.07) is 16.6. The van der Waals surface area contributed by atoms with Gasteiger partial charge in [-0.3, -0.25) is 14.9 Å². The Morgan fingerprint density at radius 1 is 1.06 bits per heavy atom. The van der Waals surface area contributed by atoms with E-state index in [1.807, 2.05) is 24.3 Å². The molecule has 0 amide bonds. The fourth-order valence-corrected chi connectivity index (χ4v) is 4.34. The van der Waals surface area contributed by atoms with E-state index in [2.05, 4.69) is 5.09 Å². The van der Waals surface area contributed by atoms with E-state index in [9.17, 15) is 19.5 Å². The summed E-state index contributed by atoms with van der Waals surface area (Å²) in [5, 5.41) is 15.0. The first kappa shape index (κ1) is 22.3. The van der Waals surface area contributed by atoms with Crippen LogP contribution in [-0.2, 0) is 14.1 Å². The minimum atomic E-state index is -4.16. The third-order valence-electron chi connectivity index (χ3n) is 4.23. The predicted molar refractivity (Wildman–Crippen MR) is 115 cm³/mol. The summed E-state index contributed by atoms with van der Waals surface area (Å²) in [5.74, 6) is -0.277. The average Bonchev–Trinajstić information content (AvgIpc) is 2.74. The first-order valence-corrected chi connectivity index (χ1v) is 11.0. The van der Waals surface area contributed by atoms with Crippen molar-refractivity contribution in [3.8, 4) is 11.5 Å². The van der Waals surface area contributed by atoms with Gasteiger partial charge in [0.1, 0.15) is 17.5 Å². The van der Waals surface area contributed by atoms with Crippen molar-refractivity contribution in [1.82, 2.24) is 5.09 Å². The van der Waals surface area contributed by atoms with Gasteiger partial charge in [0, 0.05) is 17.5 Å². The smallest absolute Gasteiger partial charge is 0.465 e. The Bertz CT molecular complexity index is 1130. The zero-order chi connectivity index (χ0) is 22.4. The van der Waals surface area contributed by atoms with Gasteiger partial charge in [0.05, 0.1) is 11.5 Å². The molecule has 3 aromatic carbocycles. The van der Waals surface area contributed by atoms with Crippen LogP contribution in [-0.4, -0.2) is 23.5 Å². The second kappa shape index (κ2) is 9.59. The highest BCUT2D eigenvalue weighted by atomic mass is 31.2. The average molecular weight is 444 g/mol. The standard InChI is InChI=1S/C21H21N2O7P/c1-3-28-21(24)15(2)22-31(27,29-18-13-11-17(12-14-18)23(25)26)30-20-10-6-8-16-7-4-5-9-19(16)20/h4-15H,3H2,1-2H3,(H,22,27)/t15-,31+/m0/s1. The predicted octanol–water partition coefficient (Wildman–Crippen LogP) is 4.86. The fourth-order valence-electron chi connectivity index (χ4n) is 2.80. The molecule has 0 bridgehead atoms. The van der Waals surface area contributed by atoms with E-state index < -0.39 is 24.7 Å². The molecule has 1 N–H and O–H groups in total. The monoisotopic (exact) mass is 444 g/mol. The van der Waals surface area contributed by atoms with Gasteiger partial charge >= 0.3 is 13.7 Å². The topological polar surface area (TPSA) is 117 Å². The molecule has 0 heterocycles. The van der Waals surface area contributed by atoms with Gasteiger partial charge in [-0.05, 0) is 37.4 Å². The van der Waals surface area contributed by atoms with Crippen LogP contribution < -0.4 is 14.1 Å². The fraction of sp³-hybridized carbons (Fsp3) is 0.190. The first-order valence-electron chi connectivity index (χ1n) is 9.47. The lowest BCUT2D eigenvalue weighted by molar-refractivity contribution is -0.384. The lowest BCUT2D eigenvalue weighted by Gasteiger charge is -2.23. The number of hydrogen-bond donors (Lipinski definition) is 1. The lowest BCUT2D eigenvalue weighted by atomic mass is 10.1. The van der Waals surface area contributed by atoms with Crippen molar-refractivity contribution in [2.24, 2.45) is 0 Å². The molecule has 0 spiro atoms. The van der Waals surface area contributed by atoms with Crippen LogP contribution >= 0.6 is 7.75 Å². The Hall–Kier alpha value is -3.42. The maximum absolute atomic E-state index is 13.6. The largest absolute Gasteiger partial charge is 0.513 e. The zero-order valence-corrected chi connectivity index (χ0v) is 17.8. The van der Waals surface area contributed by atoms with Crippen LogP contribution in [0.5, 0.6) is 11.5 Å². The molecule has 0 saturated carbocycles. The summed E-state index contributed by atoms with van der Waals surface area (Å²) < 4.78 is 29.9. The van der Waals surface area contributed by atoms with Crippen molar-refractivity contribution in [2.75, 3.05) is 6.61 Å². The number of nitro benzene ring substituents is 1. The normalized spacial score (nSPS) is 13.7. The van der Waals surface area contributed by atoms with E-state index in [1.54, 1.807) is 25.1 Å². The van der Waals surface area contributed by atoms with Gasteiger partial charge in [-0.15, -0.1) is 0 Å². The summed E-state index contributed by atoms with van der Waals surface area (Å²) >= 11 is 0. The summed E-state index contributed by atoms with van der Waals surface area (Å²) in [6.45, 7) is 3.28. The molecule has 3 aromatic rings. The number of nitro groups is 1. The van der Waals surface area contributed by atoms with Crippen molar-refractivity contribution < 1.29 is 28.1 Å². The van der Waals surface area contributed by atoms with E-state index in [-0.39, 0.29) is 23.8 Å². The number of fused-ring (bicyclic) bond motifs is 1. The third kappa shape index (κ3) is 5.59. The number of carbonyl (C=O) groups is 1. The zero-order valence-electron chi connectivity index (χ0n) is 16.9. The number of rotatable bonds is 9. The van der Waals surface area contributed by atoms with Crippen LogP contribution in [0, 0.1) is 10.1 Å². The first-order chi connectivity index (χ1) is 14.8. The molecule has 0 fully saturated rings. The van der Waals surface area contributed by atoms with Crippen molar-refractivity contribution in [3.05, 3.63) is 76.8 Å². The van der Waals surface area contributed by atoms with Crippen LogP contribution in [0.4, 0.5) is 5.69 Å². The minimum absolute atomic E-state index is 0.0673. The van der Waals surface area contributed by atoms with Crippen molar-refractivity contribution in [2.45, 2.75) is 19.9 Å². The van der Waals surface area contributed by atoms with Gasteiger partial charge in [0.25, 0.3) is 5.69 Å². The molecular formula is C21H21N2O7P. The van der Waals surface area contributed by atoms with Crippen molar-refractivity contribution in [1.29, 1.82) is 0 Å².